The first-order valence-corrected chi connectivity index (χ1v) is 8.06. The molecule has 0 aliphatic rings. The Morgan fingerprint density at radius 3 is 2.32 bits per heavy atom. The summed E-state index contributed by atoms with van der Waals surface area (Å²) in [7, 11) is 0. The minimum Gasteiger partial charge on any atom is -0.323 e. The summed E-state index contributed by atoms with van der Waals surface area (Å²) >= 11 is 1.50. The molecule has 116 valence electrons. The Morgan fingerprint density at radius 2 is 1.73 bits per heavy atom. The van der Waals surface area contributed by atoms with Crippen molar-refractivity contribution in [2.45, 2.75) is 37.8 Å². The van der Waals surface area contributed by atoms with Gasteiger partial charge in [0.1, 0.15) is 5.82 Å². The van der Waals surface area contributed by atoms with Crippen LogP contribution in [-0.4, -0.2) is 11.2 Å². The van der Waals surface area contributed by atoms with Crippen molar-refractivity contribution in [3.8, 4) is 0 Å². The van der Waals surface area contributed by atoms with E-state index in [0.717, 1.165) is 16.0 Å². The van der Waals surface area contributed by atoms with Gasteiger partial charge < -0.3 is 5.32 Å². The molecule has 1 atom stereocenters. The van der Waals surface area contributed by atoms with Crippen molar-refractivity contribution >= 4 is 23.4 Å². The Balaban J connectivity index is 2.11. The molecule has 2 aromatic rings. The Morgan fingerprint density at radius 1 is 1.14 bits per heavy atom. The van der Waals surface area contributed by atoms with Gasteiger partial charge in [-0.1, -0.05) is 29.8 Å². The molecular formula is C18H20FNOS. The quantitative estimate of drug-likeness (QED) is 0.815. The van der Waals surface area contributed by atoms with Crippen LogP contribution >= 0.6 is 11.8 Å². The Hall–Kier alpha value is -1.81. The molecule has 0 saturated heterocycles. The summed E-state index contributed by atoms with van der Waals surface area (Å²) in [5.41, 5.74) is 3.75. The molecule has 0 bridgehead atoms. The number of para-hydroxylation sites is 1. The third kappa shape index (κ3) is 3.89. The number of amides is 1. The van der Waals surface area contributed by atoms with Crippen LogP contribution in [0.1, 0.15) is 23.6 Å². The van der Waals surface area contributed by atoms with Gasteiger partial charge in [-0.2, -0.15) is 0 Å². The maximum absolute atomic E-state index is 13.6. The number of rotatable bonds is 4. The van der Waals surface area contributed by atoms with Gasteiger partial charge in [-0.05, 0) is 51.0 Å². The predicted octanol–water partition coefficient (Wildman–Crippen LogP) is 4.87. The lowest BCUT2D eigenvalue weighted by Gasteiger charge is -2.16. The maximum atomic E-state index is 13.6. The van der Waals surface area contributed by atoms with E-state index in [1.54, 1.807) is 18.2 Å². The summed E-state index contributed by atoms with van der Waals surface area (Å²) in [6.07, 6.45) is 0. The highest BCUT2D eigenvalue weighted by Gasteiger charge is 2.18. The smallest absolute Gasteiger partial charge is 0.237 e. The number of halogens is 1. The molecule has 0 aromatic heterocycles. The van der Waals surface area contributed by atoms with Gasteiger partial charge in [-0.25, -0.2) is 4.39 Å². The van der Waals surface area contributed by atoms with E-state index >= 15 is 0 Å². The Labute approximate surface area is 135 Å². The second-order valence-electron chi connectivity index (χ2n) is 5.46. The van der Waals surface area contributed by atoms with Crippen molar-refractivity contribution < 1.29 is 9.18 Å². The fraction of sp³-hybridized carbons (Fsp3) is 0.278. The van der Waals surface area contributed by atoms with Gasteiger partial charge in [0.05, 0.1) is 10.9 Å². The van der Waals surface area contributed by atoms with Gasteiger partial charge in [0.2, 0.25) is 5.91 Å². The molecule has 0 saturated carbocycles. The first kappa shape index (κ1) is 16.6. The van der Waals surface area contributed by atoms with Gasteiger partial charge in [0.25, 0.3) is 0 Å². The zero-order valence-corrected chi connectivity index (χ0v) is 14.1. The van der Waals surface area contributed by atoms with Gasteiger partial charge in [0.15, 0.2) is 0 Å². The summed E-state index contributed by atoms with van der Waals surface area (Å²) in [5.74, 6) is -0.620. The van der Waals surface area contributed by atoms with E-state index in [0.29, 0.717) is 0 Å². The third-order valence-electron chi connectivity index (χ3n) is 3.40. The van der Waals surface area contributed by atoms with Crippen LogP contribution in [0.2, 0.25) is 0 Å². The number of anilines is 1. The molecule has 2 nitrogen and oxygen atoms in total. The summed E-state index contributed by atoms with van der Waals surface area (Å²) in [5, 5.41) is 2.34. The van der Waals surface area contributed by atoms with Crippen LogP contribution in [0.4, 0.5) is 10.1 Å². The molecule has 0 heterocycles. The van der Waals surface area contributed by atoms with Gasteiger partial charge in [0, 0.05) is 4.90 Å². The van der Waals surface area contributed by atoms with Crippen molar-refractivity contribution in [2.24, 2.45) is 0 Å². The summed E-state index contributed by atoms with van der Waals surface area (Å²) in [4.78, 5) is 13.4. The van der Waals surface area contributed by atoms with E-state index in [2.05, 4.69) is 24.4 Å². The molecule has 0 aliphatic carbocycles. The summed E-state index contributed by atoms with van der Waals surface area (Å²) in [6, 6.07) is 10.4. The average molecular weight is 317 g/mol. The number of nitrogens with one attached hydrogen (secondary N) is 1. The topological polar surface area (TPSA) is 29.1 Å². The van der Waals surface area contributed by atoms with Crippen LogP contribution in [-0.2, 0) is 4.79 Å². The van der Waals surface area contributed by atoms with Crippen molar-refractivity contribution in [1.29, 1.82) is 0 Å². The number of hydrogen-bond acceptors (Lipinski definition) is 2. The zero-order valence-electron chi connectivity index (χ0n) is 13.2. The minimum atomic E-state index is -0.421. The monoisotopic (exact) mass is 317 g/mol. The standard InChI is InChI=1S/C18H20FNOS/c1-11-9-12(2)17(13(3)10-11)22-14(4)18(21)20-16-8-6-5-7-15(16)19/h5-10,14H,1-4H3,(H,20,21)/t14-/m0/s1. The normalized spacial score (nSPS) is 12.0. The van der Waals surface area contributed by atoms with Gasteiger partial charge in [-0.15, -0.1) is 11.8 Å². The lowest BCUT2D eigenvalue weighted by Crippen LogP contribution is -2.23. The fourth-order valence-electron chi connectivity index (χ4n) is 2.38. The van der Waals surface area contributed by atoms with Crippen LogP contribution in [0, 0.1) is 26.6 Å². The molecule has 1 N–H and O–H groups in total. The van der Waals surface area contributed by atoms with E-state index in [9.17, 15) is 9.18 Å². The molecule has 1 amide bonds. The highest BCUT2D eigenvalue weighted by Crippen LogP contribution is 2.31. The van der Waals surface area contributed by atoms with Crippen molar-refractivity contribution in [1.82, 2.24) is 0 Å². The van der Waals surface area contributed by atoms with E-state index in [4.69, 9.17) is 0 Å². The summed E-state index contributed by atoms with van der Waals surface area (Å²) in [6.45, 7) is 7.98. The lowest BCUT2D eigenvalue weighted by molar-refractivity contribution is -0.115. The molecule has 2 rings (SSSR count). The highest BCUT2D eigenvalue weighted by molar-refractivity contribution is 8.00. The zero-order chi connectivity index (χ0) is 16.3. The summed E-state index contributed by atoms with van der Waals surface area (Å²) < 4.78 is 13.6. The first-order chi connectivity index (χ1) is 10.4. The lowest BCUT2D eigenvalue weighted by atomic mass is 10.1. The molecule has 22 heavy (non-hydrogen) atoms. The van der Waals surface area contributed by atoms with Gasteiger partial charge in [-0.3, -0.25) is 4.79 Å². The number of hydrogen-bond donors (Lipinski definition) is 1. The van der Waals surface area contributed by atoms with E-state index in [1.165, 1.54) is 23.4 Å². The molecular weight excluding hydrogens is 297 g/mol. The van der Waals surface area contributed by atoms with Crippen LogP contribution < -0.4 is 5.32 Å². The number of aryl methyl sites for hydroxylation is 3. The van der Waals surface area contributed by atoms with Crippen LogP contribution in [0.3, 0.4) is 0 Å². The molecule has 0 aliphatic heterocycles. The van der Waals surface area contributed by atoms with Crippen LogP contribution in [0.5, 0.6) is 0 Å². The van der Waals surface area contributed by atoms with E-state index < -0.39 is 5.82 Å². The van der Waals surface area contributed by atoms with Crippen molar-refractivity contribution in [3.05, 3.63) is 58.9 Å². The SMILES string of the molecule is Cc1cc(C)c(S[C@@H](C)C(=O)Nc2ccccc2F)c(C)c1. The average Bonchev–Trinajstić information content (AvgIpc) is 2.45. The predicted molar refractivity (Wildman–Crippen MR) is 91.0 cm³/mol. The molecule has 2 aromatic carbocycles. The second kappa shape index (κ2) is 6.97. The maximum Gasteiger partial charge on any atom is 0.237 e. The number of carbonyl (C=O) groups excluding carboxylic acids is 1. The van der Waals surface area contributed by atoms with E-state index in [1.807, 2.05) is 20.8 Å². The van der Waals surface area contributed by atoms with Crippen molar-refractivity contribution in [2.75, 3.05) is 5.32 Å². The molecule has 4 heteroatoms. The molecule has 0 unspecified atom stereocenters. The highest BCUT2D eigenvalue weighted by atomic mass is 32.2. The third-order valence-corrected chi connectivity index (χ3v) is 4.85. The van der Waals surface area contributed by atoms with E-state index in [-0.39, 0.29) is 16.8 Å². The minimum absolute atomic E-state index is 0.200. The molecule has 0 fully saturated rings. The van der Waals surface area contributed by atoms with Crippen molar-refractivity contribution in [3.63, 3.8) is 0 Å². The Kier molecular flexibility index (Phi) is 5.24. The fourth-order valence-corrected chi connectivity index (χ4v) is 3.39. The van der Waals surface area contributed by atoms with Gasteiger partial charge >= 0.3 is 0 Å². The number of carbonyl (C=O) groups is 1. The first-order valence-electron chi connectivity index (χ1n) is 7.18. The molecule has 0 spiro atoms. The Bertz CT molecular complexity index is 676. The number of thioether (sulfide) groups is 1. The largest absolute Gasteiger partial charge is 0.323 e. The van der Waals surface area contributed by atoms with Crippen LogP contribution in [0.25, 0.3) is 0 Å². The second-order valence-corrected chi connectivity index (χ2v) is 6.81. The van der Waals surface area contributed by atoms with Crippen LogP contribution in [0.15, 0.2) is 41.3 Å². The number of benzene rings is 2. The molecule has 0 radical (unpaired) electrons.